The van der Waals surface area contributed by atoms with E-state index in [9.17, 15) is 14.0 Å². The van der Waals surface area contributed by atoms with Crippen LogP contribution in [0.1, 0.15) is 36.7 Å². The maximum atomic E-state index is 12.9. The largest absolute Gasteiger partial charge is 0.481 e. The minimum absolute atomic E-state index is 0.127. The van der Waals surface area contributed by atoms with Gasteiger partial charge >= 0.3 is 5.97 Å². The predicted molar refractivity (Wildman–Crippen MR) is 81.9 cm³/mol. The van der Waals surface area contributed by atoms with Crippen LogP contribution in [0.15, 0.2) is 36.5 Å². The third-order valence-electron chi connectivity index (χ3n) is 3.31. The Bertz CT molecular complexity index is 682. The highest BCUT2D eigenvalue weighted by Crippen LogP contribution is 2.10. The van der Waals surface area contributed by atoms with E-state index in [0.29, 0.717) is 12.1 Å². The lowest BCUT2D eigenvalue weighted by molar-refractivity contribution is -0.137. The van der Waals surface area contributed by atoms with E-state index in [-0.39, 0.29) is 17.9 Å². The summed E-state index contributed by atoms with van der Waals surface area (Å²) in [5.74, 6) is -1.74. The first-order chi connectivity index (χ1) is 11.0. The zero-order valence-corrected chi connectivity index (χ0v) is 12.7. The average Bonchev–Trinajstić information content (AvgIpc) is 2.97. The number of hydrogen-bond acceptors (Lipinski definition) is 3. The van der Waals surface area contributed by atoms with Crippen molar-refractivity contribution in [3.63, 3.8) is 0 Å². The molecule has 23 heavy (non-hydrogen) atoms. The predicted octanol–water partition coefficient (Wildman–Crippen LogP) is 2.38. The number of carbonyl (C=O) groups is 2. The molecular formula is C16H18FN3O3. The van der Waals surface area contributed by atoms with Gasteiger partial charge in [0, 0.05) is 12.2 Å². The van der Waals surface area contributed by atoms with Crippen LogP contribution in [0.2, 0.25) is 0 Å². The summed E-state index contributed by atoms with van der Waals surface area (Å²) in [6.07, 6.45) is 2.81. The van der Waals surface area contributed by atoms with Crippen LogP contribution in [0.3, 0.4) is 0 Å². The van der Waals surface area contributed by atoms with Gasteiger partial charge in [-0.05, 0) is 36.8 Å². The molecule has 0 saturated heterocycles. The molecule has 122 valence electrons. The molecule has 1 amide bonds. The number of amides is 1. The molecule has 0 spiro atoms. The number of carboxylic acids is 1. The average molecular weight is 319 g/mol. The standard InChI is InChI=1S/C16H18FN3O3/c1-2-3-12(10-15(21)22)18-16(23)14-8-9-20(19-14)13-6-4-11(17)5-7-13/h4-9,12H,2-3,10H2,1H3,(H,18,23)(H,21,22)/t12-/m0/s1. The maximum Gasteiger partial charge on any atom is 0.305 e. The first-order valence-corrected chi connectivity index (χ1v) is 7.34. The van der Waals surface area contributed by atoms with Gasteiger partial charge in [0.05, 0.1) is 12.1 Å². The van der Waals surface area contributed by atoms with Crippen LogP contribution in [-0.2, 0) is 4.79 Å². The van der Waals surface area contributed by atoms with Gasteiger partial charge in [0.2, 0.25) is 0 Å². The molecule has 0 saturated carbocycles. The quantitative estimate of drug-likeness (QED) is 0.820. The van der Waals surface area contributed by atoms with Crippen molar-refractivity contribution < 1.29 is 19.1 Å². The lowest BCUT2D eigenvalue weighted by Gasteiger charge is -2.15. The van der Waals surface area contributed by atoms with E-state index in [1.165, 1.54) is 22.9 Å². The van der Waals surface area contributed by atoms with Crippen LogP contribution in [0, 0.1) is 5.82 Å². The molecule has 1 heterocycles. The van der Waals surface area contributed by atoms with E-state index in [1.807, 2.05) is 6.92 Å². The summed E-state index contributed by atoms with van der Waals surface area (Å²) >= 11 is 0. The fourth-order valence-electron chi connectivity index (χ4n) is 2.23. The number of rotatable bonds is 7. The van der Waals surface area contributed by atoms with E-state index < -0.39 is 17.9 Å². The molecular weight excluding hydrogens is 301 g/mol. The van der Waals surface area contributed by atoms with Gasteiger partial charge < -0.3 is 10.4 Å². The van der Waals surface area contributed by atoms with Crippen LogP contribution >= 0.6 is 0 Å². The number of carboxylic acid groups (broad SMARTS) is 1. The fraction of sp³-hybridized carbons (Fsp3) is 0.312. The van der Waals surface area contributed by atoms with Gasteiger partial charge in [0.1, 0.15) is 5.82 Å². The lowest BCUT2D eigenvalue weighted by Crippen LogP contribution is -2.36. The van der Waals surface area contributed by atoms with Crippen molar-refractivity contribution in [1.29, 1.82) is 0 Å². The van der Waals surface area contributed by atoms with Crippen LogP contribution < -0.4 is 5.32 Å². The summed E-state index contributed by atoms with van der Waals surface area (Å²) < 4.78 is 14.4. The summed E-state index contributed by atoms with van der Waals surface area (Å²) in [6, 6.07) is 6.81. The summed E-state index contributed by atoms with van der Waals surface area (Å²) in [7, 11) is 0. The molecule has 0 aliphatic rings. The number of aliphatic carboxylic acids is 1. The molecule has 0 aliphatic heterocycles. The van der Waals surface area contributed by atoms with E-state index in [4.69, 9.17) is 5.11 Å². The van der Waals surface area contributed by atoms with Crippen molar-refractivity contribution in [2.75, 3.05) is 0 Å². The molecule has 1 aromatic carbocycles. The maximum absolute atomic E-state index is 12.9. The van der Waals surface area contributed by atoms with Crippen molar-refractivity contribution in [3.8, 4) is 5.69 Å². The van der Waals surface area contributed by atoms with Crippen molar-refractivity contribution >= 4 is 11.9 Å². The Morgan fingerprint density at radius 1 is 1.30 bits per heavy atom. The van der Waals surface area contributed by atoms with Gasteiger partial charge in [-0.25, -0.2) is 9.07 Å². The minimum Gasteiger partial charge on any atom is -0.481 e. The zero-order chi connectivity index (χ0) is 16.8. The fourth-order valence-corrected chi connectivity index (χ4v) is 2.23. The summed E-state index contributed by atoms with van der Waals surface area (Å²) in [5, 5.41) is 15.7. The summed E-state index contributed by atoms with van der Waals surface area (Å²) in [5.41, 5.74) is 0.807. The monoisotopic (exact) mass is 319 g/mol. The number of carbonyl (C=O) groups excluding carboxylic acids is 1. The number of aromatic nitrogens is 2. The molecule has 2 aromatic rings. The van der Waals surface area contributed by atoms with Crippen molar-refractivity contribution in [2.24, 2.45) is 0 Å². The Kier molecular flexibility index (Phi) is 5.46. The van der Waals surface area contributed by atoms with E-state index in [2.05, 4.69) is 10.4 Å². The number of halogens is 1. The van der Waals surface area contributed by atoms with Gasteiger partial charge in [-0.1, -0.05) is 13.3 Å². The second-order valence-corrected chi connectivity index (χ2v) is 5.18. The van der Waals surface area contributed by atoms with Gasteiger partial charge in [-0.3, -0.25) is 9.59 Å². The Balaban J connectivity index is 2.08. The van der Waals surface area contributed by atoms with Crippen LogP contribution in [0.4, 0.5) is 4.39 Å². The number of nitrogens with one attached hydrogen (secondary N) is 1. The first kappa shape index (κ1) is 16.7. The molecule has 0 aliphatic carbocycles. The smallest absolute Gasteiger partial charge is 0.305 e. The second-order valence-electron chi connectivity index (χ2n) is 5.18. The van der Waals surface area contributed by atoms with Crippen LogP contribution in [0.25, 0.3) is 5.69 Å². The summed E-state index contributed by atoms with van der Waals surface area (Å²) in [4.78, 5) is 23.0. The highest BCUT2D eigenvalue weighted by molar-refractivity contribution is 5.92. The number of nitrogens with zero attached hydrogens (tertiary/aromatic N) is 2. The molecule has 7 heteroatoms. The summed E-state index contributed by atoms with van der Waals surface area (Å²) in [6.45, 7) is 1.92. The topological polar surface area (TPSA) is 84.2 Å². The lowest BCUT2D eigenvalue weighted by atomic mass is 10.1. The molecule has 6 nitrogen and oxygen atoms in total. The third-order valence-corrected chi connectivity index (χ3v) is 3.31. The van der Waals surface area contributed by atoms with Crippen molar-refractivity contribution in [3.05, 3.63) is 48.0 Å². The van der Waals surface area contributed by atoms with Gasteiger partial charge in [0.15, 0.2) is 5.69 Å². The van der Waals surface area contributed by atoms with Gasteiger partial charge in [0.25, 0.3) is 5.91 Å². The third kappa shape index (κ3) is 4.64. The Labute approximate surface area is 132 Å². The highest BCUT2D eigenvalue weighted by atomic mass is 19.1. The molecule has 0 radical (unpaired) electrons. The van der Waals surface area contributed by atoms with Crippen molar-refractivity contribution in [2.45, 2.75) is 32.2 Å². The number of hydrogen-bond donors (Lipinski definition) is 2. The Morgan fingerprint density at radius 3 is 2.61 bits per heavy atom. The molecule has 2 rings (SSSR count). The minimum atomic E-state index is -0.958. The normalized spacial score (nSPS) is 11.9. The molecule has 1 aromatic heterocycles. The van der Waals surface area contributed by atoms with E-state index in [0.717, 1.165) is 6.42 Å². The molecule has 0 bridgehead atoms. The number of benzene rings is 1. The van der Waals surface area contributed by atoms with E-state index >= 15 is 0 Å². The van der Waals surface area contributed by atoms with Crippen LogP contribution in [0.5, 0.6) is 0 Å². The van der Waals surface area contributed by atoms with Gasteiger partial charge in [-0.15, -0.1) is 0 Å². The van der Waals surface area contributed by atoms with Crippen LogP contribution in [-0.4, -0.2) is 32.8 Å². The van der Waals surface area contributed by atoms with Gasteiger partial charge in [-0.2, -0.15) is 5.10 Å². The molecule has 0 fully saturated rings. The molecule has 0 unspecified atom stereocenters. The van der Waals surface area contributed by atoms with Crippen molar-refractivity contribution in [1.82, 2.24) is 15.1 Å². The molecule has 1 atom stereocenters. The zero-order valence-electron chi connectivity index (χ0n) is 12.7. The SMILES string of the molecule is CCC[C@@H](CC(=O)O)NC(=O)c1ccn(-c2ccc(F)cc2)n1. The highest BCUT2D eigenvalue weighted by Gasteiger charge is 2.18. The first-order valence-electron chi connectivity index (χ1n) is 7.34. The Morgan fingerprint density at radius 2 is 2.00 bits per heavy atom. The van der Waals surface area contributed by atoms with E-state index in [1.54, 1.807) is 18.3 Å². The molecule has 2 N–H and O–H groups in total. The Hall–Kier alpha value is -2.70. The second kappa shape index (κ2) is 7.53.